The Hall–Kier alpha value is -2.10. The first kappa shape index (κ1) is 20.2. The highest BCUT2D eigenvalue weighted by Gasteiger charge is 2.51. The second-order valence-corrected chi connectivity index (χ2v) is 6.09. The summed E-state index contributed by atoms with van der Waals surface area (Å²) >= 11 is 0. The monoisotopic (exact) mass is 395 g/mol. The van der Waals surface area contributed by atoms with Gasteiger partial charge in [0.15, 0.2) is 17.8 Å². The summed E-state index contributed by atoms with van der Waals surface area (Å²) in [5, 5.41) is 28.7. The van der Waals surface area contributed by atoms with Crippen molar-refractivity contribution in [3.8, 4) is 0 Å². The summed E-state index contributed by atoms with van der Waals surface area (Å²) in [6, 6.07) is -0.906. The third kappa shape index (κ3) is 4.17. The van der Waals surface area contributed by atoms with Gasteiger partial charge in [-0.3, -0.25) is 4.79 Å². The maximum Gasteiger partial charge on any atom is 0.466 e. The fraction of sp³-hybridized carbons (Fsp3) is 0.500. The summed E-state index contributed by atoms with van der Waals surface area (Å²) in [6.07, 6.45) is -5.32. The van der Waals surface area contributed by atoms with Crippen molar-refractivity contribution in [1.82, 2.24) is 4.90 Å². The van der Waals surface area contributed by atoms with E-state index in [2.05, 4.69) is 15.0 Å². The molecular weight excluding hydrogens is 381 g/mol. The largest absolute Gasteiger partial charge is 0.466 e. The van der Waals surface area contributed by atoms with Crippen LogP contribution in [0, 0.1) is 0 Å². The lowest BCUT2D eigenvalue weighted by Gasteiger charge is -2.26. The number of nitrogens with two attached hydrogens (primary N) is 1. The number of ether oxygens (including phenoxy) is 1. The number of amidine groups is 1. The van der Waals surface area contributed by atoms with Gasteiger partial charge in [-0.25, -0.2) is 14.3 Å². The Kier molecular flexibility index (Phi) is 5.64. The SMILES string of the molecule is NC1=NC(=O)C2=NC(=O)N([C@@H]3O[C@H](CO)[C@@H](O)[C@H]3O)C2=N1.O=P(O)(O)O. The van der Waals surface area contributed by atoms with Crippen molar-refractivity contribution in [1.29, 1.82) is 0 Å². The predicted molar refractivity (Wildman–Crippen MR) is 80.8 cm³/mol. The minimum absolute atomic E-state index is 0.202. The van der Waals surface area contributed by atoms with E-state index in [9.17, 15) is 19.8 Å². The molecule has 0 saturated carbocycles. The number of fused-ring (bicyclic) bond motifs is 1. The highest BCUT2D eigenvalue weighted by molar-refractivity contribution is 7.45. The molecule has 1 saturated heterocycles. The zero-order valence-corrected chi connectivity index (χ0v) is 13.5. The van der Waals surface area contributed by atoms with Crippen LogP contribution in [0.2, 0.25) is 0 Å². The average molecular weight is 395 g/mol. The molecule has 0 aromatic heterocycles. The molecule has 0 bridgehead atoms. The van der Waals surface area contributed by atoms with Gasteiger partial charge in [0.05, 0.1) is 6.61 Å². The highest BCUT2D eigenvalue weighted by atomic mass is 31.2. The molecule has 3 aliphatic heterocycles. The zero-order chi connectivity index (χ0) is 19.8. The van der Waals surface area contributed by atoms with Crippen LogP contribution in [-0.2, 0) is 14.1 Å². The Balaban J connectivity index is 0.000000431. The number of urea groups is 1. The third-order valence-electron chi connectivity index (χ3n) is 3.26. The molecule has 3 heterocycles. The summed E-state index contributed by atoms with van der Waals surface area (Å²) < 4.78 is 14.1. The number of aliphatic hydroxyl groups excluding tert-OH is 3. The molecule has 0 spiro atoms. The summed E-state index contributed by atoms with van der Waals surface area (Å²) in [4.78, 5) is 56.5. The molecule has 0 aromatic rings. The lowest BCUT2D eigenvalue weighted by Crippen LogP contribution is -2.50. The Labute approximate surface area is 144 Å². The molecule has 8 N–H and O–H groups in total. The summed E-state index contributed by atoms with van der Waals surface area (Å²) in [7, 11) is -4.64. The third-order valence-corrected chi connectivity index (χ3v) is 3.26. The van der Waals surface area contributed by atoms with Crippen LogP contribution >= 0.6 is 7.82 Å². The van der Waals surface area contributed by atoms with Crippen LogP contribution in [-0.4, -0.2) is 95.5 Å². The van der Waals surface area contributed by atoms with Gasteiger partial charge < -0.3 is 40.5 Å². The number of aliphatic imine (C=N–C) groups is 3. The molecule has 16 heteroatoms. The Morgan fingerprint density at radius 3 is 2.19 bits per heavy atom. The number of nitrogens with zero attached hydrogens (tertiary/aromatic N) is 4. The molecule has 0 aromatic carbocycles. The van der Waals surface area contributed by atoms with E-state index in [0.29, 0.717) is 0 Å². The maximum atomic E-state index is 11.9. The number of amides is 3. The van der Waals surface area contributed by atoms with Gasteiger partial charge in [-0.2, -0.15) is 15.0 Å². The fourth-order valence-electron chi connectivity index (χ4n) is 2.27. The van der Waals surface area contributed by atoms with E-state index in [-0.39, 0.29) is 17.5 Å². The number of hydrogen-bond acceptors (Lipinski definition) is 9. The van der Waals surface area contributed by atoms with Crippen molar-refractivity contribution in [2.24, 2.45) is 20.7 Å². The molecule has 3 aliphatic rings. The molecule has 0 unspecified atom stereocenters. The Morgan fingerprint density at radius 2 is 1.69 bits per heavy atom. The number of hydrogen-bond donors (Lipinski definition) is 7. The van der Waals surface area contributed by atoms with Crippen molar-refractivity contribution < 1.29 is 48.9 Å². The lowest BCUT2D eigenvalue weighted by atomic mass is 10.1. The van der Waals surface area contributed by atoms with Crippen LogP contribution in [0.25, 0.3) is 0 Å². The van der Waals surface area contributed by atoms with Gasteiger partial charge in [0.2, 0.25) is 5.96 Å². The van der Waals surface area contributed by atoms with Crippen molar-refractivity contribution in [2.75, 3.05) is 6.61 Å². The van der Waals surface area contributed by atoms with Crippen molar-refractivity contribution in [3.63, 3.8) is 0 Å². The van der Waals surface area contributed by atoms with Crippen molar-refractivity contribution in [3.05, 3.63) is 0 Å². The number of carbonyl (C=O) groups excluding carboxylic acids is 2. The predicted octanol–water partition coefficient (Wildman–Crippen LogP) is -4.37. The first-order chi connectivity index (χ1) is 11.9. The van der Waals surface area contributed by atoms with E-state index >= 15 is 0 Å². The van der Waals surface area contributed by atoms with E-state index in [1.165, 1.54) is 0 Å². The van der Waals surface area contributed by atoms with Crippen LogP contribution in [0.15, 0.2) is 15.0 Å². The molecule has 26 heavy (non-hydrogen) atoms. The van der Waals surface area contributed by atoms with Crippen LogP contribution in [0.5, 0.6) is 0 Å². The Bertz CT molecular complexity index is 751. The van der Waals surface area contributed by atoms with Gasteiger partial charge in [0, 0.05) is 0 Å². The minimum atomic E-state index is -4.64. The number of carbonyl (C=O) groups is 2. The zero-order valence-electron chi connectivity index (χ0n) is 12.6. The van der Waals surface area contributed by atoms with E-state index in [0.717, 1.165) is 4.90 Å². The molecule has 3 amide bonds. The molecule has 4 atom stereocenters. The molecule has 0 aliphatic carbocycles. The molecular formula is C10H14N5O10P. The first-order valence-corrected chi connectivity index (χ1v) is 8.30. The van der Waals surface area contributed by atoms with E-state index in [4.69, 9.17) is 34.8 Å². The molecule has 1 fully saturated rings. The normalized spacial score (nSPS) is 31.0. The first-order valence-electron chi connectivity index (χ1n) is 6.74. The number of phosphoric acid groups is 1. The number of guanidine groups is 1. The summed E-state index contributed by atoms with van der Waals surface area (Å²) in [6.45, 7) is -0.556. The average Bonchev–Trinajstić information content (AvgIpc) is 2.96. The lowest BCUT2D eigenvalue weighted by molar-refractivity contribution is -0.111. The van der Waals surface area contributed by atoms with Gasteiger partial charge in [-0.05, 0) is 0 Å². The van der Waals surface area contributed by atoms with Crippen LogP contribution in [0.4, 0.5) is 4.79 Å². The highest BCUT2D eigenvalue weighted by Crippen LogP contribution is 2.28. The number of aliphatic hydroxyl groups is 3. The molecule has 0 radical (unpaired) electrons. The van der Waals surface area contributed by atoms with Crippen molar-refractivity contribution >= 4 is 37.3 Å². The van der Waals surface area contributed by atoms with E-state index in [1.807, 2.05) is 0 Å². The maximum absolute atomic E-state index is 11.9. The van der Waals surface area contributed by atoms with Crippen LogP contribution < -0.4 is 5.73 Å². The van der Waals surface area contributed by atoms with E-state index in [1.54, 1.807) is 0 Å². The minimum Gasteiger partial charge on any atom is -0.394 e. The smallest absolute Gasteiger partial charge is 0.394 e. The second kappa shape index (κ2) is 7.26. The Morgan fingerprint density at radius 1 is 1.12 bits per heavy atom. The standard InChI is InChI=1S/C10H11N5O6.H3O4P/c11-9-13-6-3(7(19)14-9)12-10(20)15(6)8-5(18)4(17)2(1-16)21-8;1-5(2,3)4/h2,4-5,8,16-18H,1H2,(H2,11,14,19);(H3,1,2,3,4)/t2-,4-,5-,8-;/m1./s1. The summed E-state index contributed by atoms with van der Waals surface area (Å²) in [5.41, 5.74) is 5.05. The van der Waals surface area contributed by atoms with Crippen LogP contribution in [0.1, 0.15) is 0 Å². The quantitative estimate of drug-likeness (QED) is 0.220. The van der Waals surface area contributed by atoms with Gasteiger partial charge in [0.1, 0.15) is 18.3 Å². The number of rotatable bonds is 2. The molecule has 3 rings (SSSR count). The van der Waals surface area contributed by atoms with Crippen LogP contribution in [0.3, 0.4) is 0 Å². The fourth-order valence-corrected chi connectivity index (χ4v) is 2.27. The topological polar surface area (TPSA) is 248 Å². The van der Waals surface area contributed by atoms with Gasteiger partial charge in [-0.1, -0.05) is 0 Å². The van der Waals surface area contributed by atoms with Gasteiger partial charge in [0.25, 0.3) is 0 Å². The molecule has 144 valence electrons. The molecule has 15 nitrogen and oxygen atoms in total. The summed E-state index contributed by atoms with van der Waals surface area (Å²) in [5.74, 6) is -1.40. The van der Waals surface area contributed by atoms with Crippen molar-refractivity contribution in [2.45, 2.75) is 24.5 Å². The van der Waals surface area contributed by atoms with Gasteiger partial charge >= 0.3 is 19.8 Å². The second-order valence-electron chi connectivity index (χ2n) is 5.07. The van der Waals surface area contributed by atoms with Gasteiger partial charge in [-0.15, -0.1) is 0 Å². The van der Waals surface area contributed by atoms with E-state index < -0.39 is 50.9 Å².